The van der Waals surface area contributed by atoms with E-state index in [1.165, 1.54) is 40.9 Å². The number of halogens is 1. The molecule has 180 valence electrons. The Labute approximate surface area is 219 Å². The van der Waals surface area contributed by atoms with Crippen LogP contribution in [0.2, 0.25) is 5.02 Å². The molecule has 1 aromatic heterocycles. The van der Waals surface area contributed by atoms with Crippen LogP contribution in [-0.4, -0.2) is 22.1 Å². The molecule has 1 saturated carbocycles. The van der Waals surface area contributed by atoms with Gasteiger partial charge in [-0.05, 0) is 72.5 Å². The zero-order valence-corrected chi connectivity index (χ0v) is 21.4. The molecule has 6 rings (SSSR count). The molecule has 4 nitrogen and oxygen atoms in total. The predicted molar refractivity (Wildman–Crippen MR) is 147 cm³/mol. The molecule has 4 aromatic carbocycles. The summed E-state index contributed by atoms with van der Waals surface area (Å²) in [4.78, 5) is 18.1. The van der Waals surface area contributed by atoms with Crippen LogP contribution in [0.15, 0.2) is 90.1 Å². The number of carbonyl (C=O) groups is 1. The second-order valence-electron chi connectivity index (χ2n) is 9.01. The number of rotatable bonds is 7. The van der Waals surface area contributed by atoms with Crippen LogP contribution >= 0.6 is 23.4 Å². The Kier molecular flexibility index (Phi) is 6.20. The van der Waals surface area contributed by atoms with Crippen molar-refractivity contribution >= 4 is 51.1 Å². The number of esters is 1. The summed E-state index contributed by atoms with van der Waals surface area (Å²) < 4.78 is 7.65. The predicted octanol–water partition coefficient (Wildman–Crippen LogP) is 8.11. The number of thioether (sulfide) groups is 1. The van der Waals surface area contributed by atoms with Crippen LogP contribution in [0.3, 0.4) is 0 Å². The minimum absolute atomic E-state index is 0.294. The number of fused-ring (bicyclic) bond motifs is 2. The van der Waals surface area contributed by atoms with Crippen molar-refractivity contribution < 1.29 is 9.53 Å². The number of benzene rings is 4. The van der Waals surface area contributed by atoms with Gasteiger partial charge < -0.3 is 4.74 Å². The Morgan fingerprint density at radius 2 is 1.72 bits per heavy atom. The van der Waals surface area contributed by atoms with E-state index in [1.54, 1.807) is 12.1 Å². The zero-order valence-electron chi connectivity index (χ0n) is 19.9. The van der Waals surface area contributed by atoms with Crippen LogP contribution < -0.4 is 0 Å². The summed E-state index contributed by atoms with van der Waals surface area (Å²) in [6.07, 6.45) is 2.50. The highest BCUT2D eigenvalue weighted by molar-refractivity contribution is 8.00. The average Bonchev–Trinajstić information content (AvgIpc) is 3.68. The van der Waals surface area contributed by atoms with E-state index in [9.17, 15) is 4.79 Å². The normalized spacial score (nSPS) is 14.3. The second kappa shape index (κ2) is 9.64. The summed E-state index contributed by atoms with van der Waals surface area (Å²) >= 11 is 7.54. The average molecular weight is 513 g/mol. The molecule has 1 atom stereocenters. The highest BCUT2D eigenvalue weighted by atomic mass is 35.5. The molecule has 0 saturated heterocycles. The van der Waals surface area contributed by atoms with Crippen LogP contribution in [0.5, 0.6) is 0 Å². The molecule has 0 spiro atoms. The van der Waals surface area contributed by atoms with Gasteiger partial charge in [-0.1, -0.05) is 78.0 Å². The van der Waals surface area contributed by atoms with Crippen molar-refractivity contribution in [2.45, 2.75) is 36.1 Å². The number of nitrogens with zero attached hydrogens (tertiary/aromatic N) is 2. The van der Waals surface area contributed by atoms with Gasteiger partial charge in [0, 0.05) is 10.4 Å². The lowest BCUT2D eigenvalue weighted by atomic mass is 9.99. The lowest BCUT2D eigenvalue weighted by Gasteiger charge is -2.18. The topological polar surface area (TPSA) is 44.1 Å². The Hall–Kier alpha value is -3.28. The SMILES string of the molecule is CCOC(=O)C(Sc1nc2ccccc2n1-c1ccc(C2CC2)c2ccccc12)c1ccc(Cl)cc1. The first kappa shape index (κ1) is 23.1. The Morgan fingerprint density at radius 3 is 2.47 bits per heavy atom. The third-order valence-electron chi connectivity index (χ3n) is 6.62. The van der Waals surface area contributed by atoms with E-state index in [-0.39, 0.29) is 5.97 Å². The van der Waals surface area contributed by atoms with E-state index in [2.05, 4.69) is 47.0 Å². The molecule has 0 radical (unpaired) electrons. The highest BCUT2D eigenvalue weighted by Gasteiger charge is 2.29. The third kappa shape index (κ3) is 4.27. The second-order valence-corrected chi connectivity index (χ2v) is 10.5. The van der Waals surface area contributed by atoms with E-state index in [4.69, 9.17) is 21.3 Å². The molecule has 1 aliphatic carbocycles. The van der Waals surface area contributed by atoms with Gasteiger partial charge in [0.1, 0.15) is 5.25 Å². The molecule has 0 N–H and O–H groups in total. The fourth-order valence-corrected chi connectivity index (χ4v) is 6.03. The van der Waals surface area contributed by atoms with Gasteiger partial charge in [-0.3, -0.25) is 9.36 Å². The molecule has 6 heteroatoms. The first-order chi connectivity index (χ1) is 17.6. The molecule has 5 aromatic rings. The van der Waals surface area contributed by atoms with Crippen molar-refractivity contribution in [2.24, 2.45) is 0 Å². The molecule has 0 aliphatic heterocycles. The maximum Gasteiger partial charge on any atom is 0.324 e. The van der Waals surface area contributed by atoms with E-state index in [0.717, 1.165) is 27.4 Å². The number of carbonyl (C=O) groups excluding carboxylic acids is 1. The summed E-state index contributed by atoms with van der Waals surface area (Å²) in [6.45, 7) is 2.14. The Morgan fingerprint density at radius 1 is 1.00 bits per heavy atom. The van der Waals surface area contributed by atoms with Crippen molar-refractivity contribution in [3.8, 4) is 5.69 Å². The molecular weight excluding hydrogens is 488 g/mol. The number of imidazole rings is 1. The minimum atomic E-state index is -0.574. The van der Waals surface area contributed by atoms with Crippen molar-refractivity contribution in [3.05, 3.63) is 101 Å². The van der Waals surface area contributed by atoms with Gasteiger partial charge in [0.05, 0.1) is 23.3 Å². The highest BCUT2D eigenvalue weighted by Crippen LogP contribution is 2.45. The minimum Gasteiger partial charge on any atom is -0.465 e. The van der Waals surface area contributed by atoms with Crippen LogP contribution in [0, 0.1) is 0 Å². The fourth-order valence-electron chi connectivity index (χ4n) is 4.78. The standard InChI is InChI=1S/C30H25ClN2O2S/c1-2-35-29(34)28(20-13-15-21(31)16-14-20)36-30-32-25-9-5-6-10-27(25)33(30)26-18-17-22(19-11-12-19)23-7-3-4-8-24(23)26/h3-10,13-19,28H,2,11-12H2,1H3. The van der Waals surface area contributed by atoms with E-state index in [1.807, 2.05) is 37.3 Å². The number of ether oxygens (including phenoxy) is 1. The van der Waals surface area contributed by atoms with Crippen LogP contribution in [0.1, 0.15) is 42.1 Å². The molecule has 0 amide bonds. The summed E-state index contributed by atoms with van der Waals surface area (Å²) in [5.41, 5.74) is 5.19. The fraction of sp³-hybridized carbons (Fsp3) is 0.200. The molecular formula is C30H25ClN2O2S. The first-order valence-electron chi connectivity index (χ1n) is 12.2. The van der Waals surface area contributed by atoms with Crippen LogP contribution in [0.25, 0.3) is 27.5 Å². The maximum atomic E-state index is 13.1. The molecule has 1 heterocycles. The Bertz CT molecular complexity index is 1570. The van der Waals surface area contributed by atoms with Gasteiger partial charge in [0.25, 0.3) is 0 Å². The molecule has 1 unspecified atom stereocenters. The number of para-hydroxylation sites is 2. The summed E-state index contributed by atoms with van der Waals surface area (Å²) in [7, 11) is 0. The zero-order chi connectivity index (χ0) is 24.6. The molecule has 36 heavy (non-hydrogen) atoms. The molecule has 0 bridgehead atoms. The Balaban J connectivity index is 1.53. The quantitative estimate of drug-likeness (QED) is 0.163. The van der Waals surface area contributed by atoms with Gasteiger partial charge >= 0.3 is 5.97 Å². The largest absolute Gasteiger partial charge is 0.465 e. The maximum absolute atomic E-state index is 13.1. The van der Waals surface area contributed by atoms with Gasteiger partial charge in [-0.15, -0.1) is 0 Å². The van der Waals surface area contributed by atoms with Gasteiger partial charge in [-0.25, -0.2) is 4.98 Å². The molecule has 1 fully saturated rings. The lowest BCUT2D eigenvalue weighted by molar-refractivity contribution is -0.142. The van der Waals surface area contributed by atoms with E-state index < -0.39 is 5.25 Å². The van der Waals surface area contributed by atoms with E-state index >= 15 is 0 Å². The lowest BCUT2D eigenvalue weighted by Crippen LogP contribution is -2.14. The molecule has 1 aliphatic rings. The van der Waals surface area contributed by atoms with Crippen molar-refractivity contribution in [2.75, 3.05) is 6.61 Å². The van der Waals surface area contributed by atoms with Crippen LogP contribution in [0.4, 0.5) is 0 Å². The van der Waals surface area contributed by atoms with Crippen molar-refractivity contribution in [3.63, 3.8) is 0 Å². The number of hydrogen-bond donors (Lipinski definition) is 0. The summed E-state index contributed by atoms with van der Waals surface area (Å²) in [5.74, 6) is 0.354. The van der Waals surface area contributed by atoms with E-state index in [0.29, 0.717) is 17.5 Å². The smallest absolute Gasteiger partial charge is 0.324 e. The number of hydrogen-bond acceptors (Lipinski definition) is 4. The van der Waals surface area contributed by atoms with Crippen molar-refractivity contribution in [1.82, 2.24) is 9.55 Å². The summed E-state index contributed by atoms with van der Waals surface area (Å²) in [6, 6.07) is 28.5. The van der Waals surface area contributed by atoms with Crippen LogP contribution in [-0.2, 0) is 9.53 Å². The number of aromatic nitrogens is 2. The van der Waals surface area contributed by atoms with Gasteiger partial charge in [0.15, 0.2) is 5.16 Å². The monoisotopic (exact) mass is 512 g/mol. The van der Waals surface area contributed by atoms with Gasteiger partial charge in [-0.2, -0.15) is 0 Å². The first-order valence-corrected chi connectivity index (χ1v) is 13.5. The van der Waals surface area contributed by atoms with Gasteiger partial charge in [0.2, 0.25) is 0 Å². The summed E-state index contributed by atoms with van der Waals surface area (Å²) in [5, 5.41) is 3.26. The van der Waals surface area contributed by atoms with Crippen molar-refractivity contribution in [1.29, 1.82) is 0 Å². The third-order valence-corrected chi connectivity index (χ3v) is 8.06.